The zero-order chi connectivity index (χ0) is 16.2. The standard InChI is InChI=1S/C17H13IN2OS2/c1-22-12-8-6-11(7-9-12)10-15-16(21)20-17(23-15)19-14-5-3-2-4-13(14)18/h2-10H,1H3,(H,19,20,21)/b15-10+. The summed E-state index contributed by atoms with van der Waals surface area (Å²) in [5.74, 6) is -0.103. The zero-order valence-electron chi connectivity index (χ0n) is 12.2. The van der Waals surface area contributed by atoms with Crippen molar-refractivity contribution in [1.29, 1.82) is 0 Å². The second kappa shape index (κ2) is 7.55. The predicted molar refractivity (Wildman–Crippen MR) is 108 cm³/mol. The van der Waals surface area contributed by atoms with Gasteiger partial charge in [0.15, 0.2) is 5.17 Å². The van der Waals surface area contributed by atoms with Gasteiger partial charge < -0.3 is 5.32 Å². The lowest BCUT2D eigenvalue weighted by molar-refractivity contribution is -0.115. The van der Waals surface area contributed by atoms with E-state index >= 15 is 0 Å². The van der Waals surface area contributed by atoms with Crippen LogP contribution in [-0.4, -0.2) is 17.3 Å². The van der Waals surface area contributed by atoms with Gasteiger partial charge in [0.05, 0.1) is 10.6 Å². The highest BCUT2D eigenvalue weighted by Gasteiger charge is 2.23. The Morgan fingerprint density at radius 2 is 1.91 bits per heavy atom. The van der Waals surface area contributed by atoms with E-state index < -0.39 is 0 Å². The lowest BCUT2D eigenvalue weighted by Gasteiger charge is -1.98. The number of hydrogen-bond acceptors (Lipinski definition) is 4. The molecule has 1 amide bonds. The van der Waals surface area contributed by atoms with Crippen LogP contribution in [-0.2, 0) is 4.79 Å². The number of aliphatic imine (C=N–C) groups is 1. The van der Waals surface area contributed by atoms with Gasteiger partial charge in [-0.15, -0.1) is 11.8 Å². The summed E-state index contributed by atoms with van der Waals surface area (Å²) in [6, 6.07) is 16.0. The first-order chi connectivity index (χ1) is 11.2. The first kappa shape index (κ1) is 16.6. The van der Waals surface area contributed by atoms with Gasteiger partial charge in [-0.1, -0.05) is 24.3 Å². The molecule has 1 aliphatic rings. The van der Waals surface area contributed by atoms with Gasteiger partial charge in [-0.05, 0) is 76.5 Å². The molecular weight excluding hydrogens is 439 g/mol. The molecule has 0 radical (unpaired) electrons. The van der Waals surface area contributed by atoms with Crippen molar-refractivity contribution in [1.82, 2.24) is 5.32 Å². The van der Waals surface area contributed by atoms with E-state index in [1.807, 2.05) is 48.7 Å². The molecule has 2 aromatic rings. The Balaban J connectivity index is 1.82. The molecule has 1 saturated heterocycles. The van der Waals surface area contributed by atoms with E-state index in [9.17, 15) is 4.79 Å². The van der Waals surface area contributed by atoms with Crippen molar-refractivity contribution in [3.63, 3.8) is 0 Å². The SMILES string of the molecule is CSc1ccc(/C=C2/SC(=Nc3ccccc3I)NC2=O)cc1. The Morgan fingerprint density at radius 3 is 2.61 bits per heavy atom. The Kier molecular flexibility index (Phi) is 5.45. The normalized spacial score (nSPS) is 17.7. The maximum Gasteiger partial charge on any atom is 0.264 e. The van der Waals surface area contributed by atoms with E-state index in [0.29, 0.717) is 10.1 Å². The molecule has 116 valence electrons. The van der Waals surface area contributed by atoms with Crippen molar-refractivity contribution in [2.45, 2.75) is 4.90 Å². The average Bonchev–Trinajstić information content (AvgIpc) is 2.90. The third kappa shape index (κ3) is 4.19. The first-order valence-electron chi connectivity index (χ1n) is 6.84. The number of thioether (sulfide) groups is 2. The van der Waals surface area contributed by atoms with Crippen LogP contribution in [0.2, 0.25) is 0 Å². The third-order valence-electron chi connectivity index (χ3n) is 3.14. The second-order valence-electron chi connectivity index (χ2n) is 4.71. The van der Waals surface area contributed by atoms with Crippen molar-refractivity contribution in [2.24, 2.45) is 4.99 Å². The summed E-state index contributed by atoms with van der Waals surface area (Å²) in [5, 5.41) is 3.44. The molecule has 1 N–H and O–H groups in total. The highest BCUT2D eigenvalue weighted by atomic mass is 127. The number of carbonyl (C=O) groups excluding carboxylic acids is 1. The fourth-order valence-electron chi connectivity index (χ4n) is 1.98. The van der Waals surface area contributed by atoms with Gasteiger partial charge in [0.25, 0.3) is 5.91 Å². The maximum atomic E-state index is 12.1. The summed E-state index contributed by atoms with van der Waals surface area (Å²) < 4.78 is 1.05. The van der Waals surface area contributed by atoms with Crippen molar-refractivity contribution in [3.8, 4) is 0 Å². The smallest absolute Gasteiger partial charge is 0.264 e. The molecule has 0 unspecified atom stereocenters. The van der Waals surface area contributed by atoms with Gasteiger partial charge >= 0.3 is 0 Å². The molecule has 3 nitrogen and oxygen atoms in total. The molecule has 1 heterocycles. The van der Waals surface area contributed by atoms with Crippen LogP contribution in [0.3, 0.4) is 0 Å². The molecule has 0 saturated carbocycles. The maximum absolute atomic E-state index is 12.1. The highest BCUT2D eigenvalue weighted by molar-refractivity contribution is 14.1. The highest BCUT2D eigenvalue weighted by Crippen LogP contribution is 2.29. The molecule has 0 aliphatic carbocycles. The summed E-state index contributed by atoms with van der Waals surface area (Å²) in [4.78, 5) is 18.5. The third-order valence-corrected chi connectivity index (χ3v) is 5.70. The number of nitrogens with one attached hydrogen (secondary N) is 1. The number of halogens is 1. The molecule has 0 bridgehead atoms. The van der Waals surface area contributed by atoms with E-state index in [1.54, 1.807) is 11.8 Å². The van der Waals surface area contributed by atoms with Crippen LogP contribution in [0.1, 0.15) is 5.56 Å². The molecule has 3 rings (SSSR count). The van der Waals surface area contributed by atoms with Crippen molar-refractivity contribution < 1.29 is 4.79 Å². The predicted octanol–water partition coefficient (Wildman–Crippen LogP) is 4.90. The molecule has 1 fully saturated rings. The van der Waals surface area contributed by atoms with E-state index in [1.165, 1.54) is 16.7 Å². The Bertz CT molecular complexity index is 800. The topological polar surface area (TPSA) is 41.5 Å². The molecule has 2 aromatic carbocycles. The number of para-hydroxylation sites is 1. The molecule has 0 atom stereocenters. The Labute approximate surface area is 157 Å². The number of rotatable bonds is 3. The quantitative estimate of drug-likeness (QED) is 0.409. The van der Waals surface area contributed by atoms with Crippen LogP contribution in [0.4, 0.5) is 5.69 Å². The van der Waals surface area contributed by atoms with E-state index in [2.05, 4.69) is 45.0 Å². The van der Waals surface area contributed by atoms with Crippen LogP contribution >= 0.6 is 46.1 Å². The summed E-state index contributed by atoms with van der Waals surface area (Å²) in [7, 11) is 0. The average molecular weight is 452 g/mol. The lowest BCUT2D eigenvalue weighted by Crippen LogP contribution is -2.19. The van der Waals surface area contributed by atoms with Crippen LogP contribution in [0, 0.1) is 3.57 Å². The second-order valence-corrected chi connectivity index (χ2v) is 7.78. The summed E-state index contributed by atoms with van der Waals surface area (Å²) in [6.07, 6.45) is 3.93. The molecule has 0 spiro atoms. The van der Waals surface area contributed by atoms with Crippen molar-refractivity contribution in [3.05, 3.63) is 62.6 Å². The Morgan fingerprint density at radius 1 is 1.17 bits per heavy atom. The lowest BCUT2D eigenvalue weighted by atomic mass is 10.2. The molecule has 0 aromatic heterocycles. The number of nitrogens with zero attached hydrogens (tertiary/aromatic N) is 1. The first-order valence-corrected chi connectivity index (χ1v) is 9.96. The molecule has 1 aliphatic heterocycles. The summed E-state index contributed by atoms with van der Waals surface area (Å²) >= 11 is 5.30. The van der Waals surface area contributed by atoms with Crippen LogP contribution in [0.15, 0.2) is 63.3 Å². The minimum Gasteiger partial charge on any atom is -0.300 e. The van der Waals surface area contributed by atoms with Crippen LogP contribution in [0.25, 0.3) is 6.08 Å². The van der Waals surface area contributed by atoms with Gasteiger partial charge in [0, 0.05) is 8.47 Å². The molecule has 23 heavy (non-hydrogen) atoms. The minimum absolute atomic E-state index is 0.103. The number of hydrogen-bond donors (Lipinski definition) is 1. The Hall–Kier alpha value is -1.25. The minimum atomic E-state index is -0.103. The number of carbonyl (C=O) groups is 1. The summed E-state index contributed by atoms with van der Waals surface area (Å²) in [6.45, 7) is 0. The fourth-order valence-corrected chi connectivity index (χ4v) is 3.73. The van der Waals surface area contributed by atoms with Crippen molar-refractivity contribution in [2.75, 3.05) is 6.26 Å². The molecular formula is C17H13IN2OS2. The fraction of sp³-hybridized carbons (Fsp3) is 0.0588. The number of amidine groups is 1. The monoisotopic (exact) mass is 452 g/mol. The number of benzene rings is 2. The van der Waals surface area contributed by atoms with E-state index in [4.69, 9.17) is 0 Å². The van der Waals surface area contributed by atoms with Gasteiger partial charge in [0.2, 0.25) is 0 Å². The van der Waals surface area contributed by atoms with Gasteiger partial charge in [-0.25, -0.2) is 4.99 Å². The van der Waals surface area contributed by atoms with Crippen molar-refractivity contribution >= 4 is 69.0 Å². The summed E-state index contributed by atoms with van der Waals surface area (Å²) in [5.41, 5.74) is 1.87. The zero-order valence-corrected chi connectivity index (χ0v) is 16.0. The van der Waals surface area contributed by atoms with Crippen LogP contribution in [0.5, 0.6) is 0 Å². The van der Waals surface area contributed by atoms with Gasteiger partial charge in [-0.2, -0.15) is 0 Å². The van der Waals surface area contributed by atoms with Gasteiger partial charge in [0.1, 0.15) is 0 Å². The van der Waals surface area contributed by atoms with Gasteiger partial charge in [-0.3, -0.25) is 4.79 Å². The number of amides is 1. The van der Waals surface area contributed by atoms with Crippen LogP contribution < -0.4 is 5.32 Å². The van der Waals surface area contributed by atoms with E-state index in [-0.39, 0.29) is 5.91 Å². The molecule has 6 heteroatoms. The van der Waals surface area contributed by atoms with E-state index in [0.717, 1.165) is 14.8 Å². The largest absolute Gasteiger partial charge is 0.300 e.